The highest BCUT2D eigenvalue weighted by Crippen LogP contribution is 2.32. The van der Waals surface area contributed by atoms with Crippen molar-refractivity contribution in [2.45, 2.75) is 51.5 Å². The highest BCUT2D eigenvalue weighted by Gasteiger charge is 2.38. The van der Waals surface area contributed by atoms with E-state index in [2.05, 4.69) is 38.1 Å². The number of aryl methyl sites for hydroxylation is 2. The van der Waals surface area contributed by atoms with E-state index >= 15 is 0 Å². The fourth-order valence-corrected chi connectivity index (χ4v) is 3.47. The normalized spacial score (nSPS) is 16.5. The predicted octanol–water partition coefficient (Wildman–Crippen LogP) is 3.42. The lowest BCUT2D eigenvalue weighted by molar-refractivity contribution is -0.133. The van der Waals surface area contributed by atoms with Crippen LogP contribution >= 0.6 is 0 Å². The average molecular weight is 313 g/mol. The van der Waals surface area contributed by atoms with Gasteiger partial charge in [0, 0.05) is 19.8 Å². The first kappa shape index (κ1) is 17.3. The number of nitrogens with zero attached hydrogens (tertiary/aromatic N) is 3. The van der Waals surface area contributed by atoms with Crippen molar-refractivity contribution in [3.05, 3.63) is 29.3 Å². The second-order valence-electron chi connectivity index (χ2n) is 6.86. The van der Waals surface area contributed by atoms with Gasteiger partial charge in [-0.25, -0.2) is 0 Å². The van der Waals surface area contributed by atoms with Crippen LogP contribution in [0.25, 0.3) is 0 Å². The number of amides is 1. The van der Waals surface area contributed by atoms with E-state index in [9.17, 15) is 10.1 Å². The zero-order chi connectivity index (χ0) is 17.0. The van der Waals surface area contributed by atoms with E-state index in [1.54, 1.807) is 11.9 Å². The molecule has 1 amide bonds. The summed E-state index contributed by atoms with van der Waals surface area (Å²) in [7, 11) is 3.71. The Balaban J connectivity index is 2.09. The Morgan fingerprint density at radius 3 is 2.22 bits per heavy atom. The first-order valence-corrected chi connectivity index (χ1v) is 8.35. The van der Waals surface area contributed by atoms with Crippen molar-refractivity contribution in [2.24, 2.45) is 0 Å². The van der Waals surface area contributed by atoms with Crippen molar-refractivity contribution in [3.8, 4) is 6.07 Å². The zero-order valence-corrected chi connectivity index (χ0v) is 14.7. The van der Waals surface area contributed by atoms with Gasteiger partial charge in [0.05, 0.1) is 12.6 Å². The van der Waals surface area contributed by atoms with E-state index in [4.69, 9.17) is 0 Å². The number of rotatable bonds is 4. The minimum Gasteiger partial charge on any atom is -0.365 e. The van der Waals surface area contributed by atoms with Gasteiger partial charge in [-0.15, -0.1) is 0 Å². The van der Waals surface area contributed by atoms with Gasteiger partial charge in [0.1, 0.15) is 5.54 Å². The number of benzene rings is 1. The van der Waals surface area contributed by atoms with E-state index in [0.717, 1.165) is 37.8 Å². The van der Waals surface area contributed by atoms with Crippen LogP contribution in [0.3, 0.4) is 0 Å². The topological polar surface area (TPSA) is 47.3 Å². The van der Waals surface area contributed by atoms with Crippen molar-refractivity contribution in [2.75, 3.05) is 25.5 Å². The van der Waals surface area contributed by atoms with Gasteiger partial charge in [-0.2, -0.15) is 5.26 Å². The Kier molecular flexibility index (Phi) is 5.30. The Hall–Kier alpha value is -2.02. The van der Waals surface area contributed by atoms with Crippen LogP contribution in [0.5, 0.6) is 0 Å². The number of likely N-dealkylation sites (N-methyl/N-ethyl adjacent to an activating group) is 2. The molecule has 4 heteroatoms. The van der Waals surface area contributed by atoms with Crippen LogP contribution in [0.1, 0.15) is 43.2 Å². The van der Waals surface area contributed by atoms with Crippen molar-refractivity contribution >= 4 is 11.6 Å². The van der Waals surface area contributed by atoms with Crippen LogP contribution in [0, 0.1) is 25.2 Å². The second-order valence-corrected chi connectivity index (χ2v) is 6.86. The molecule has 0 heterocycles. The van der Waals surface area contributed by atoms with Crippen LogP contribution in [0.15, 0.2) is 18.2 Å². The molecule has 0 aromatic heterocycles. The first-order chi connectivity index (χ1) is 10.9. The fourth-order valence-electron chi connectivity index (χ4n) is 3.47. The van der Waals surface area contributed by atoms with Gasteiger partial charge in [-0.05, 0) is 49.9 Å². The summed E-state index contributed by atoms with van der Waals surface area (Å²) < 4.78 is 0. The maximum atomic E-state index is 12.7. The molecule has 1 saturated carbocycles. The molecule has 0 radical (unpaired) electrons. The van der Waals surface area contributed by atoms with Crippen LogP contribution in [0.2, 0.25) is 0 Å². The van der Waals surface area contributed by atoms with Gasteiger partial charge in [0.2, 0.25) is 5.91 Å². The summed E-state index contributed by atoms with van der Waals surface area (Å²) in [4.78, 5) is 16.3. The summed E-state index contributed by atoms with van der Waals surface area (Å²) in [5.41, 5.74) is 2.80. The van der Waals surface area contributed by atoms with Crippen molar-refractivity contribution in [1.29, 1.82) is 5.26 Å². The van der Waals surface area contributed by atoms with Gasteiger partial charge in [-0.1, -0.05) is 25.3 Å². The van der Waals surface area contributed by atoms with Gasteiger partial charge < -0.3 is 9.80 Å². The summed E-state index contributed by atoms with van der Waals surface area (Å²) in [6.07, 6.45) is 4.79. The lowest BCUT2D eigenvalue weighted by Crippen LogP contribution is -2.52. The Labute approximate surface area is 139 Å². The summed E-state index contributed by atoms with van der Waals surface area (Å²) in [5.74, 6) is 0.00936. The first-order valence-electron chi connectivity index (χ1n) is 8.35. The third kappa shape index (κ3) is 3.85. The van der Waals surface area contributed by atoms with Gasteiger partial charge in [0.15, 0.2) is 0 Å². The van der Waals surface area contributed by atoms with Crippen molar-refractivity contribution in [1.82, 2.24) is 4.90 Å². The van der Waals surface area contributed by atoms with Crippen LogP contribution in [0.4, 0.5) is 5.69 Å². The van der Waals surface area contributed by atoms with Crippen molar-refractivity contribution < 1.29 is 4.79 Å². The highest BCUT2D eigenvalue weighted by atomic mass is 16.2. The van der Waals surface area contributed by atoms with E-state index in [1.807, 2.05) is 11.9 Å². The average Bonchev–Trinajstić information content (AvgIpc) is 2.53. The zero-order valence-electron chi connectivity index (χ0n) is 14.7. The molecule has 0 N–H and O–H groups in total. The van der Waals surface area contributed by atoms with Crippen LogP contribution in [-0.4, -0.2) is 37.0 Å². The summed E-state index contributed by atoms with van der Waals surface area (Å²) >= 11 is 0. The Bertz CT molecular complexity index is 591. The number of hydrogen-bond acceptors (Lipinski definition) is 3. The third-order valence-electron chi connectivity index (χ3n) is 4.92. The van der Waals surface area contributed by atoms with E-state index in [0.29, 0.717) is 6.54 Å². The predicted molar refractivity (Wildman–Crippen MR) is 93.4 cm³/mol. The molecule has 4 nitrogen and oxygen atoms in total. The molecule has 124 valence electrons. The molecule has 0 unspecified atom stereocenters. The molecule has 1 aliphatic rings. The molecule has 1 aromatic rings. The van der Waals surface area contributed by atoms with Crippen LogP contribution in [-0.2, 0) is 4.79 Å². The fraction of sp³-hybridized carbons (Fsp3) is 0.579. The molecule has 1 aliphatic carbocycles. The number of nitriles is 1. The SMILES string of the molecule is Cc1cc(C)cc(N(C)CC(=O)N(C)C2(C#N)CCCCC2)c1. The Morgan fingerprint density at radius 1 is 1.13 bits per heavy atom. The number of carbonyl (C=O) groups is 1. The minimum atomic E-state index is -0.612. The molecular formula is C19H27N3O. The molecule has 0 atom stereocenters. The molecule has 1 fully saturated rings. The molecule has 1 aromatic carbocycles. The highest BCUT2D eigenvalue weighted by molar-refractivity contribution is 5.82. The van der Waals surface area contributed by atoms with Gasteiger partial charge in [0.25, 0.3) is 0 Å². The summed E-state index contributed by atoms with van der Waals surface area (Å²) in [6, 6.07) is 8.71. The molecule has 0 aliphatic heterocycles. The molecule has 0 saturated heterocycles. The molecule has 0 bridgehead atoms. The quantitative estimate of drug-likeness (QED) is 0.855. The standard InChI is InChI=1S/C19H27N3O/c1-15-10-16(2)12-17(11-15)21(3)13-18(23)22(4)19(14-20)8-6-5-7-9-19/h10-12H,5-9,13H2,1-4H3. The number of hydrogen-bond donors (Lipinski definition) is 0. The Morgan fingerprint density at radius 2 is 1.70 bits per heavy atom. The van der Waals surface area contributed by atoms with Crippen molar-refractivity contribution in [3.63, 3.8) is 0 Å². The lowest BCUT2D eigenvalue weighted by Gasteiger charge is -2.39. The maximum absolute atomic E-state index is 12.7. The van der Waals surface area contributed by atoms with E-state index < -0.39 is 5.54 Å². The lowest BCUT2D eigenvalue weighted by atomic mass is 9.81. The van der Waals surface area contributed by atoms with Gasteiger partial charge in [-0.3, -0.25) is 4.79 Å². The molecular weight excluding hydrogens is 286 g/mol. The van der Waals surface area contributed by atoms with E-state index in [1.165, 1.54) is 11.1 Å². The van der Waals surface area contributed by atoms with E-state index in [-0.39, 0.29) is 5.91 Å². The number of carbonyl (C=O) groups excluding carboxylic acids is 1. The summed E-state index contributed by atoms with van der Waals surface area (Å²) in [5, 5.41) is 9.63. The maximum Gasteiger partial charge on any atom is 0.243 e. The summed E-state index contributed by atoms with van der Waals surface area (Å²) in [6.45, 7) is 4.42. The molecule has 2 rings (SSSR count). The number of anilines is 1. The largest absolute Gasteiger partial charge is 0.365 e. The van der Waals surface area contributed by atoms with Crippen LogP contribution < -0.4 is 4.90 Å². The van der Waals surface area contributed by atoms with Gasteiger partial charge >= 0.3 is 0 Å². The second kappa shape index (κ2) is 7.04. The minimum absolute atomic E-state index is 0.00936. The molecule has 0 spiro atoms. The monoisotopic (exact) mass is 313 g/mol. The smallest absolute Gasteiger partial charge is 0.243 e. The third-order valence-corrected chi connectivity index (χ3v) is 4.92. The molecule has 23 heavy (non-hydrogen) atoms.